The molecule has 0 aromatic heterocycles. The minimum atomic E-state index is 1.09. The fraction of sp³-hybridized carbons (Fsp3) is 0.0833. The van der Waals surface area contributed by atoms with Gasteiger partial charge in [0.1, 0.15) is 0 Å². The first-order valence-electron chi connectivity index (χ1n) is 4.29. The molecule has 0 amide bonds. The quantitative estimate of drug-likeness (QED) is 0.510. The smallest absolute Gasteiger partial charge is 0.0635 e. The number of allylic oxidation sites excluding steroid dienone is 1. The second kappa shape index (κ2) is 2.04. The molecule has 58 valence electrons. The van der Waals surface area contributed by atoms with E-state index in [0.717, 1.165) is 6.42 Å². The van der Waals surface area contributed by atoms with Gasteiger partial charge in [-0.05, 0) is 0 Å². The first kappa shape index (κ1) is 6.13. The second-order valence-corrected chi connectivity index (χ2v) is 3.28. The third-order valence-corrected chi connectivity index (χ3v) is 2.55. The summed E-state index contributed by atoms with van der Waals surface area (Å²) in [5, 5.41) is 2.84. The monoisotopic (exact) mass is 153 g/mol. The molecule has 0 N–H and O–H groups in total. The molecule has 0 fully saturated rings. The maximum absolute atomic E-state index is 2.23. The number of hydrogen-bond donors (Lipinski definition) is 0. The Hall–Kier alpha value is -1.43. The lowest BCUT2D eigenvalue weighted by Crippen LogP contribution is -1.87. The molecule has 0 saturated heterocycles. The number of benzene rings is 1. The average Bonchev–Trinajstić information content (AvgIpc) is 2.52. The van der Waals surface area contributed by atoms with Gasteiger partial charge in [-0.25, -0.2) is 0 Å². The van der Waals surface area contributed by atoms with E-state index >= 15 is 0 Å². The van der Waals surface area contributed by atoms with Gasteiger partial charge < -0.3 is 0 Å². The van der Waals surface area contributed by atoms with Crippen molar-refractivity contribution >= 4 is 16.8 Å². The van der Waals surface area contributed by atoms with Crippen LogP contribution in [0.1, 0.15) is 11.1 Å². The van der Waals surface area contributed by atoms with Crippen molar-refractivity contribution in [3.63, 3.8) is 0 Å². The van der Waals surface area contributed by atoms with E-state index < -0.39 is 0 Å². The van der Waals surface area contributed by atoms with Crippen molar-refractivity contribution in [2.45, 2.75) is 6.42 Å². The van der Waals surface area contributed by atoms with Crippen LogP contribution in [-0.2, 0) is 6.42 Å². The molecule has 0 atom stereocenters. The van der Waals surface area contributed by atoms with Gasteiger partial charge in [0.05, 0.1) is 0 Å². The highest BCUT2D eigenvalue weighted by Gasteiger charge is 1.99. The number of rotatable bonds is 0. The molecule has 3 rings (SSSR count). The van der Waals surface area contributed by atoms with Crippen LogP contribution in [-0.4, -0.2) is 0 Å². The molecular weight excluding hydrogens is 144 g/mol. The van der Waals surface area contributed by atoms with E-state index in [1.165, 1.54) is 21.9 Å². The van der Waals surface area contributed by atoms with E-state index in [2.05, 4.69) is 42.5 Å². The zero-order chi connectivity index (χ0) is 7.97. The first-order chi connectivity index (χ1) is 5.95. The van der Waals surface area contributed by atoms with Gasteiger partial charge in [-0.15, -0.1) is 40.6 Å². The summed E-state index contributed by atoms with van der Waals surface area (Å²) in [6, 6.07) is 10.9. The van der Waals surface area contributed by atoms with Gasteiger partial charge in [0, 0.05) is 0 Å². The van der Waals surface area contributed by atoms with Crippen molar-refractivity contribution in [2.24, 2.45) is 0 Å². The third kappa shape index (κ3) is 0.646. The van der Waals surface area contributed by atoms with E-state index in [1.54, 1.807) is 0 Å². The van der Waals surface area contributed by atoms with Gasteiger partial charge >= 0.3 is 0 Å². The molecule has 0 radical (unpaired) electrons. The minimum Gasteiger partial charge on any atom is -0.144 e. The largest absolute Gasteiger partial charge is 0.144 e. The average molecular weight is 153 g/mol. The molecule has 0 unspecified atom stereocenters. The SMILES string of the molecule is C1=C[c-]2ccc3cccc(c32)C1. The van der Waals surface area contributed by atoms with Crippen LogP contribution in [0.2, 0.25) is 0 Å². The van der Waals surface area contributed by atoms with Crippen molar-refractivity contribution in [1.29, 1.82) is 0 Å². The molecular formula is C12H9-. The Kier molecular flexibility index (Phi) is 1.04. The highest BCUT2D eigenvalue weighted by atomic mass is 14.1. The topological polar surface area (TPSA) is 0 Å². The zero-order valence-corrected chi connectivity index (χ0v) is 6.75. The van der Waals surface area contributed by atoms with Gasteiger partial charge in [0.2, 0.25) is 0 Å². The molecule has 0 nitrogen and oxygen atoms in total. The molecule has 1 aliphatic carbocycles. The van der Waals surface area contributed by atoms with Crippen LogP contribution in [0.25, 0.3) is 16.8 Å². The molecule has 0 heterocycles. The Labute approximate surface area is 71.5 Å². The summed E-state index contributed by atoms with van der Waals surface area (Å²) in [4.78, 5) is 0. The normalized spacial score (nSPS) is 14.0. The Bertz CT molecular complexity index is 458. The highest BCUT2D eigenvalue weighted by molar-refractivity contribution is 5.96. The van der Waals surface area contributed by atoms with Gasteiger partial charge in [-0.3, -0.25) is 0 Å². The van der Waals surface area contributed by atoms with Gasteiger partial charge in [-0.2, -0.15) is 0 Å². The predicted molar refractivity (Wildman–Crippen MR) is 52.3 cm³/mol. The van der Waals surface area contributed by atoms with E-state index in [9.17, 15) is 0 Å². The van der Waals surface area contributed by atoms with Crippen LogP contribution < -0.4 is 0 Å². The van der Waals surface area contributed by atoms with E-state index in [-0.39, 0.29) is 0 Å². The molecule has 1 aliphatic rings. The van der Waals surface area contributed by atoms with Crippen molar-refractivity contribution < 1.29 is 0 Å². The predicted octanol–water partition coefficient (Wildman–Crippen LogP) is 3.13. The number of hydrogen-bond acceptors (Lipinski definition) is 0. The van der Waals surface area contributed by atoms with E-state index in [4.69, 9.17) is 0 Å². The van der Waals surface area contributed by atoms with Gasteiger partial charge in [0.15, 0.2) is 0 Å². The molecule has 0 aliphatic heterocycles. The van der Waals surface area contributed by atoms with Gasteiger partial charge in [-0.1, -0.05) is 30.2 Å². The summed E-state index contributed by atoms with van der Waals surface area (Å²) in [5.41, 5.74) is 2.85. The van der Waals surface area contributed by atoms with Crippen molar-refractivity contribution in [2.75, 3.05) is 0 Å². The maximum Gasteiger partial charge on any atom is -0.0635 e. The molecule has 0 spiro atoms. The fourth-order valence-corrected chi connectivity index (χ4v) is 2.00. The highest BCUT2D eigenvalue weighted by Crippen LogP contribution is 2.29. The van der Waals surface area contributed by atoms with Crippen LogP contribution >= 0.6 is 0 Å². The minimum absolute atomic E-state index is 1.09. The van der Waals surface area contributed by atoms with Crippen molar-refractivity contribution in [3.8, 4) is 0 Å². The van der Waals surface area contributed by atoms with Crippen LogP contribution in [0, 0.1) is 0 Å². The molecule has 2 aromatic carbocycles. The Morgan fingerprint density at radius 2 is 2.17 bits per heavy atom. The Morgan fingerprint density at radius 3 is 3.17 bits per heavy atom. The molecule has 0 heteroatoms. The summed E-state index contributed by atoms with van der Waals surface area (Å²) in [7, 11) is 0. The summed E-state index contributed by atoms with van der Waals surface area (Å²) in [6.45, 7) is 0. The molecule has 2 aromatic rings. The lowest BCUT2D eigenvalue weighted by Gasteiger charge is -2.13. The van der Waals surface area contributed by atoms with Gasteiger partial charge in [0.25, 0.3) is 0 Å². The first-order valence-corrected chi connectivity index (χ1v) is 4.29. The Balaban J connectivity index is 2.57. The van der Waals surface area contributed by atoms with Crippen LogP contribution in [0.4, 0.5) is 0 Å². The summed E-state index contributed by atoms with van der Waals surface area (Å²) in [5.74, 6) is 0. The summed E-state index contributed by atoms with van der Waals surface area (Å²) in [6.07, 6.45) is 5.54. The fourth-order valence-electron chi connectivity index (χ4n) is 2.00. The van der Waals surface area contributed by atoms with Crippen molar-refractivity contribution in [1.82, 2.24) is 0 Å². The standard InChI is InChI=1S/C12H9/c1-3-9-4-2-6-11-8-7-10(5-1)12(9)11/h1-3,5-8H,4H2/q-1. The van der Waals surface area contributed by atoms with Crippen LogP contribution in [0.15, 0.2) is 36.4 Å². The molecule has 0 bridgehead atoms. The Morgan fingerprint density at radius 1 is 1.17 bits per heavy atom. The maximum atomic E-state index is 2.23. The van der Waals surface area contributed by atoms with E-state index in [1.807, 2.05) is 0 Å². The van der Waals surface area contributed by atoms with E-state index in [0.29, 0.717) is 0 Å². The van der Waals surface area contributed by atoms with Crippen LogP contribution in [0.3, 0.4) is 0 Å². The summed E-state index contributed by atoms with van der Waals surface area (Å²) < 4.78 is 0. The zero-order valence-electron chi connectivity index (χ0n) is 6.75. The van der Waals surface area contributed by atoms with Crippen molar-refractivity contribution in [3.05, 3.63) is 47.5 Å². The summed E-state index contributed by atoms with van der Waals surface area (Å²) >= 11 is 0. The lowest BCUT2D eigenvalue weighted by molar-refractivity contribution is 1.30. The van der Waals surface area contributed by atoms with Crippen LogP contribution in [0.5, 0.6) is 0 Å². The molecule has 0 saturated carbocycles. The molecule has 12 heavy (non-hydrogen) atoms. The third-order valence-electron chi connectivity index (χ3n) is 2.55. The lowest BCUT2D eigenvalue weighted by atomic mass is 9.98. The second-order valence-electron chi connectivity index (χ2n) is 3.28.